The van der Waals surface area contributed by atoms with Crippen LogP contribution in [0, 0.1) is 5.82 Å². The van der Waals surface area contributed by atoms with E-state index < -0.39 is 11.9 Å². The first kappa shape index (κ1) is 23.0. The van der Waals surface area contributed by atoms with Gasteiger partial charge in [-0.05, 0) is 18.9 Å². The molecule has 0 aliphatic carbocycles. The van der Waals surface area contributed by atoms with Gasteiger partial charge in [0.25, 0.3) is 5.56 Å². The van der Waals surface area contributed by atoms with Crippen molar-refractivity contribution >= 4 is 17.1 Å². The van der Waals surface area contributed by atoms with Crippen molar-refractivity contribution in [3.63, 3.8) is 0 Å². The summed E-state index contributed by atoms with van der Waals surface area (Å²) in [6.07, 6.45) is 3.75. The van der Waals surface area contributed by atoms with Crippen LogP contribution in [0.1, 0.15) is 18.5 Å². The summed E-state index contributed by atoms with van der Waals surface area (Å²) in [4.78, 5) is 35.1. The molecule has 1 amide bonds. The largest absolute Gasteiger partial charge is 0.486 e. The minimum absolute atomic E-state index is 0.00514. The summed E-state index contributed by atoms with van der Waals surface area (Å²) in [6, 6.07) is 6.12. The van der Waals surface area contributed by atoms with E-state index in [9.17, 15) is 14.0 Å². The first-order valence-corrected chi connectivity index (χ1v) is 11.6. The van der Waals surface area contributed by atoms with E-state index in [1.807, 2.05) is 0 Å². The highest BCUT2D eigenvalue weighted by atomic mass is 19.1. The molecule has 1 fully saturated rings. The third kappa shape index (κ3) is 5.51. The summed E-state index contributed by atoms with van der Waals surface area (Å²) in [5, 5.41) is 2.91. The lowest BCUT2D eigenvalue weighted by molar-refractivity contribution is 0.124. The van der Waals surface area contributed by atoms with Crippen LogP contribution in [0.2, 0.25) is 0 Å². The molecule has 5 heterocycles. The molecule has 0 unspecified atom stereocenters. The number of amides is 1. The molecule has 35 heavy (non-hydrogen) atoms. The van der Waals surface area contributed by atoms with E-state index in [4.69, 9.17) is 14.2 Å². The normalized spacial score (nSPS) is 16.3. The van der Waals surface area contributed by atoms with Gasteiger partial charge in [-0.1, -0.05) is 0 Å². The molecular formula is C24H26FN5O5. The zero-order valence-corrected chi connectivity index (χ0v) is 19.1. The molecule has 0 radical (unpaired) electrons. The Morgan fingerprint density at radius 1 is 1.09 bits per heavy atom. The summed E-state index contributed by atoms with van der Waals surface area (Å²) in [5.74, 6) is 0.718. The third-order valence-electron chi connectivity index (χ3n) is 6.19. The van der Waals surface area contributed by atoms with Crippen LogP contribution in [0.25, 0.3) is 11.0 Å². The monoisotopic (exact) mass is 483 g/mol. The zero-order chi connectivity index (χ0) is 24.2. The van der Waals surface area contributed by atoms with E-state index in [2.05, 4.69) is 20.2 Å². The van der Waals surface area contributed by atoms with Gasteiger partial charge in [0.05, 0.1) is 29.1 Å². The summed E-state index contributed by atoms with van der Waals surface area (Å²) in [6.45, 7) is 3.61. The maximum absolute atomic E-state index is 13.7. The van der Waals surface area contributed by atoms with Crippen molar-refractivity contribution < 1.29 is 23.4 Å². The fourth-order valence-corrected chi connectivity index (χ4v) is 4.33. The van der Waals surface area contributed by atoms with Gasteiger partial charge >= 0.3 is 6.09 Å². The summed E-state index contributed by atoms with van der Waals surface area (Å²) in [5.41, 5.74) is 1.47. The first-order chi connectivity index (χ1) is 17.0. The van der Waals surface area contributed by atoms with Crippen LogP contribution in [0.4, 0.5) is 9.18 Å². The number of nitrogens with zero attached hydrogens (tertiary/aromatic N) is 4. The van der Waals surface area contributed by atoms with Gasteiger partial charge in [0.2, 0.25) is 0 Å². The maximum Gasteiger partial charge on any atom is 0.407 e. The van der Waals surface area contributed by atoms with Crippen LogP contribution < -0.4 is 20.3 Å². The van der Waals surface area contributed by atoms with Gasteiger partial charge in [0, 0.05) is 50.4 Å². The number of piperidine rings is 1. The second kappa shape index (κ2) is 10.3. The molecule has 1 saturated heterocycles. The number of carbonyl (C=O) groups excluding carboxylic acids is 1. The number of halogens is 1. The fourth-order valence-electron chi connectivity index (χ4n) is 4.33. The first-order valence-electron chi connectivity index (χ1n) is 11.6. The van der Waals surface area contributed by atoms with E-state index >= 15 is 0 Å². The molecule has 0 atom stereocenters. The standard InChI is InChI=1S/C24H26FN5O5/c25-16-11-20-19(27-13-16)1-2-23(31)30(20)8-7-29-5-3-17(4-6-29)28-24(32)35-15-18-12-21-22(14-26-18)34-10-9-33-21/h1-2,11-14,17H,3-10,15H2,(H,28,32). The van der Waals surface area contributed by atoms with Crippen molar-refractivity contribution in [3.05, 3.63) is 58.5 Å². The number of hydrogen-bond donors (Lipinski definition) is 1. The van der Waals surface area contributed by atoms with Gasteiger partial charge in [0.15, 0.2) is 11.5 Å². The van der Waals surface area contributed by atoms with Gasteiger partial charge in [-0.3, -0.25) is 14.8 Å². The van der Waals surface area contributed by atoms with Crippen molar-refractivity contribution in [3.8, 4) is 11.5 Å². The SMILES string of the molecule is O=C(NC1CCN(CCn2c(=O)ccc3ncc(F)cc32)CC1)OCc1cc2c(cn1)OCCO2. The molecule has 11 heteroatoms. The highest BCUT2D eigenvalue weighted by Gasteiger charge is 2.22. The Hall–Kier alpha value is -3.73. The Labute approximate surface area is 200 Å². The minimum Gasteiger partial charge on any atom is -0.486 e. The molecule has 0 bridgehead atoms. The number of ether oxygens (including phenoxy) is 3. The maximum atomic E-state index is 13.7. The number of fused-ring (bicyclic) bond motifs is 2. The smallest absolute Gasteiger partial charge is 0.407 e. The van der Waals surface area contributed by atoms with Gasteiger partial charge in [0.1, 0.15) is 25.6 Å². The quantitative estimate of drug-likeness (QED) is 0.568. The van der Waals surface area contributed by atoms with E-state index in [1.54, 1.807) is 22.9 Å². The van der Waals surface area contributed by atoms with Crippen molar-refractivity contribution in [1.29, 1.82) is 0 Å². The van der Waals surface area contributed by atoms with Crippen LogP contribution in [0.5, 0.6) is 11.5 Å². The molecule has 0 saturated carbocycles. The number of likely N-dealkylation sites (tertiary alicyclic amines) is 1. The van der Waals surface area contributed by atoms with E-state index in [0.717, 1.165) is 32.1 Å². The Balaban J connectivity index is 1.08. The van der Waals surface area contributed by atoms with Crippen molar-refractivity contribution in [2.45, 2.75) is 32.0 Å². The van der Waals surface area contributed by atoms with Crippen LogP contribution in [-0.4, -0.2) is 64.4 Å². The highest BCUT2D eigenvalue weighted by Crippen LogP contribution is 2.29. The predicted molar refractivity (Wildman–Crippen MR) is 124 cm³/mol. The molecule has 5 rings (SSSR count). The molecule has 184 valence electrons. The van der Waals surface area contributed by atoms with Crippen LogP contribution >= 0.6 is 0 Å². The van der Waals surface area contributed by atoms with Crippen LogP contribution in [-0.2, 0) is 17.9 Å². The topological polar surface area (TPSA) is 108 Å². The lowest BCUT2D eigenvalue weighted by atomic mass is 10.1. The Morgan fingerprint density at radius 2 is 1.89 bits per heavy atom. The molecule has 1 N–H and O–H groups in total. The summed E-state index contributed by atoms with van der Waals surface area (Å²) < 4.78 is 31.5. The van der Waals surface area contributed by atoms with Crippen molar-refractivity contribution in [2.24, 2.45) is 0 Å². The lowest BCUT2D eigenvalue weighted by Gasteiger charge is -2.32. The van der Waals surface area contributed by atoms with Gasteiger partial charge in [-0.2, -0.15) is 0 Å². The number of hydrogen-bond acceptors (Lipinski definition) is 8. The van der Waals surface area contributed by atoms with Crippen LogP contribution in [0.15, 0.2) is 41.5 Å². The number of rotatable bonds is 6. The molecule has 2 aliphatic rings. The van der Waals surface area contributed by atoms with Gasteiger partial charge in [-0.25, -0.2) is 9.18 Å². The van der Waals surface area contributed by atoms with Crippen LogP contribution in [0.3, 0.4) is 0 Å². The number of carbonyl (C=O) groups is 1. The molecule has 0 aromatic carbocycles. The second-order valence-corrected chi connectivity index (χ2v) is 8.54. The van der Waals surface area contributed by atoms with Gasteiger partial charge < -0.3 is 29.0 Å². The Kier molecular flexibility index (Phi) is 6.75. The second-order valence-electron chi connectivity index (χ2n) is 8.54. The Morgan fingerprint density at radius 3 is 2.71 bits per heavy atom. The van der Waals surface area contributed by atoms with Gasteiger partial charge in [-0.15, -0.1) is 0 Å². The molecule has 2 aliphatic heterocycles. The predicted octanol–water partition coefficient (Wildman–Crippen LogP) is 2.09. The summed E-state index contributed by atoms with van der Waals surface area (Å²) >= 11 is 0. The van der Waals surface area contributed by atoms with Crippen molar-refractivity contribution in [1.82, 2.24) is 24.8 Å². The molecule has 3 aromatic heterocycles. The van der Waals surface area contributed by atoms with E-state index in [1.165, 1.54) is 12.1 Å². The lowest BCUT2D eigenvalue weighted by Crippen LogP contribution is -2.45. The average molecular weight is 484 g/mol. The minimum atomic E-state index is -0.489. The van der Waals surface area contributed by atoms with Crippen molar-refractivity contribution in [2.75, 3.05) is 32.8 Å². The fraction of sp³-hybridized carbons (Fsp3) is 0.417. The average Bonchev–Trinajstić information content (AvgIpc) is 2.87. The molecule has 0 spiro atoms. The highest BCUT2D eigenvalue weighted by molar-refractivity contribution is 5.74. The zero-order valence-electron chi connectivity index (χ0n) is 19.1. The van der Waals surface area contributed by atoms with E-state index in [0.29, 0.717) is 54.5 Å². The number of aromatic nitrogens is 3. The summed E-state index contributed by atoms with van der Waals surface area (Å²) in [7, 11) is 0. The molecular weight excluding hydrogens is 457 g/mol. The number of pyridine rings is 3. The molecule has 3 aromatic rings. The number of alkyl carbamates (subject to hydrolysis) is 1. The third-order valence-corrected chi connectivity index (χ3v) is 6.19. The number of nitrogens with one attached hydrogen (secondary N) is 1. The molecule has 10 nitrogen and oxygen atoms in total. The van der Waals surface area contributed by atoms with E-state index in [-0.39, 0.29) is 18.2 Å². The Bertz CT molecular complexity index is 1270.